The maximum Gasteiger partial charge on any atom is 0.292 e. The fraction of sp³-hybridized carbons (Fsp3) is 0.500. The molecule has 1 fully saturated rings. The van der Waals surface area contributed by atoms with Crippen molar-refractivity contribution >= 4 is 15.9 Å². The molecule has 0 aliphatic carbocycles. The van der Waals surface area contributed by atoms with E-state index in [0.717, 1.165) is 0 Å². The number of hydrogen-bond acceptors (Lipinski definition) is 6. The Balaban J connectivity index is 1.74. The Morgan fingerprint density at radius 1 is 1.25 bits per heavy atom. The second-order valence-electron chi connectivity index (χ2n) is 5.66. The Labute approximate surface area is 139 Å². The number of carbonyl (C=O) groups is 1. The van der Waals surface area contributed by atoms with Crippen molar-refractivity contribution in [2.75, 3.05) is 26.2 Å². The maximum absolute atomic E-state index is 12.7. The molecule has 0 saturated carbocycles. The molecule has 1 aliphatic heterocycles. The van der Waals surface area contributed by atoms with Crippen molar-refractivity contribution in [2.45, 2.75) is 18.4 Å². The lowest BCUT2D eigenvalue weighted by atomic mass is 10.3. The van der Waals surface area contributed by atoms with Gasteiger partial charge in [-0.25, -0.2) is 13.4 Å². The molecule has 130 valence electrons. The van der Waals surface area contributed by atoms with Gasteiger partial charge in [0, 0.05) is 45.5 Å². The minimum atomic E-state index is -3.66. The van der Waals surface area contributed by atoms with Gasteiger partial charge < -0.3 is 14.0 Å². The minimum absolute atomic E-state index is 0.0394. The van der Waals surface area contributed by atoms with Crippen LogP contribution in [-0.2, 0) is 17.1 Å². The highest BCUT2D eigenvalue weighted by Gasteiger charge is 2.31. The van der Waals surface area contributed by atoms with Gasteiger partial charge in [-0.05, 0) is 13.3 Å². The van der Waals surface area contributed by atoms with Gasteiger partial charge in [-0.1, -0.05) is 5.16 Å². The van der Waals surface area contributed by atoms with Crippen LogP contribution in [-0.4, -0.2) is 64.4 Å². The highest BCUT2D eigenvalue weighted by atomic mass is 32.2. The smallest absolute Gasteiger partial charge is 0.292 e. The molecule has 9 nitrogen and oxygen atoms in total. The standard InChI is InChI=1S/C14H19N5O4S/c1-11-16-13(10-17(11)2)24(21,22)19-7-3-6-18(8-9-19)14(20)12-4-5-15-23-12/h4-5,10H,3,6-9H2,1-2H3. The first-order valence-corrected chi connectivity index (χ1v) is 9.03. The van der Waals surface area contributed by atoms with Gasteiger partial charge in [0.2, 0.25) is 5.76 Å². The molecule has 2 aromatic heterocycles. The lowest BCUT2D eigenvalue weighted by Gasteiger charge is -2.20. The van der Waals surface area contributed by atoms with E-state index in [2.05, 4.69) is 10.1 Å². The third kappa shape index (κ3) is 3.06. The van der Waals surface area contributed by atoms with Crippen molar-refractivity contribution in [3.8, 4) is 0 Å². The van der Waals surface area contributed by atoms with Crippen LogP contribution < -0.4 is 0 Å². The Morgan fingerprint density at radius 2 is 2.04 bits per heavy atom. The van der Waals surface area contributed by atoms with Crippen molar-refractivity contribution < 1.29 is 17.7 Å². The molecule has 1 saturated heterocycles. The summed E-state index contributed by atoms with van der Waals surface area (Å²) in [6.07, 6.45) is 3.46. The number of rotatable bonds is 3. The van der Waals surface area contributed by atoms with Crippen molar-refractivity contribution in [2.24, 2.45) is 7.05 Å². The molecule has 2 aromatic rings. The molecule has 0 atom stereocenters. The van der Waals surface area contributed by atoms with Crippen LogP contribution in [0.1, 0.15) is 22.8 Å². The molecule has 1 aliphatic rings. The number of hydrogen-bond donors (Lipinski definition) is 0. The van der Waals surface area contributed by atoms with Gasteiger partial charge in [-0.15, -0.1) is 0 Å². The van der Waals surface area contributed by atoms with Gasteiger partial charge >= 0.3 is 0 Å². The molecule has 0 aromatic carbocycles. The third-order valence-corrected chi connectivity index (χ3v) is 5.85. The van der Waals surface area contributed by atoms with Crippen molar-refractivity contribution in [1.29, 1.82) is 0 Å². The van der Waals surface area contributed by atoms with Crippen LogP contribution in [0.2, 0.25) is 0 Å². The summed E-state index contributed by atoms with van der Waals surface area (Å²) in [5.41, 5.74) is 0. The molecule has 10 heteroatoms. The van der Waals surface area contributed by atoms with Gasteiger partial charge in [0.05, 0.1) is 6.20 Å². The van der Waals surface area contributed by atoms with Gasteiger partial charge in [0.25, 0.3) is 15.9 Å². The predicted molar refractivity (Wildman–Crippen MR) is 83.7 cm³/mol. The molecule has 24 heavy (non-hydrogen) atoms. The van der Waals surface area contributed by atoms with Crippen LogP contribution in [0.5, 0.6) is 0 Å². The van der Waals surface area contributed by atoms with Crippen LogP contribution in [0.15, 0.2) is 28.0 Å². The zero-order valence-electron chi connectivity index (χ0n) is 13.5. The van der Waals surface area contributed by atoms with Crippen LogP contribution in [0, 0.1) is 6.92 Å². The highest BCUT2D eigenvalue weighted by Crippen LogP contribution is 2.18. The quantitative estimate of drug-likeness (QED) is 0.784. The van der Waals surface area contributed by atoms with Crippen LogP contribution in [0.25, 0.3) is 0 Å². The van der Waals surface area contributed by atoms with Crippen LogP contribution >= 0.6 is 0 Å². The Hall–Kier alpha value is -2.20. The van der Waals surface area contributed by atoms with E-state index in [9.17, 15) is 13.2 Å². The van der Waals surface area contributed by atoms with E-state index in [1.807, 2.05) is 0 Å². The van der Waals surface area contributed by atoms with Crippen molar-refractivity contribution in [3.05, 3.63) is 30.0 Å². The molecule has 0 N–H and O–H groups in total. The molecular formula is C14H19N5O4S. The van der Waals surface area contributed by atoms with Crippen LogP contribution in [0.3, 0.4) is 0 Å². The first-order chi connectivity index (χ1) is 11.4. The van der Waals surface area contributed by atoms with Crippen molar-refractivity contribution in [1.82, 2.24) is 23.9 Å². The Bertz CT molecular complexity index is 808. The molecule has 1 amide bonds. The van der Waals surface area contributed by atoms with Crippen molar-refractivity contribution in [3.63, 3.8) is 0 Å². The summed E-state index contributed by atoms with van der Waals surface area (Å²) >= 11 is 0. The van der Waals surface area contributed by atoms with E-state index in [0.29, 0.717) is 31.9 Å². The normalized spacial score (nSPS) is 17.0. The van der Waals surface area contributed by atoms with E-state index in [1.165, 1.54) is 22.8 Å². The molecular weight excluding hydrogens is 334 g/mol. The summed E-state index contributed by atoms with van der Waals surface area (Å²) in [5.74, 6) is 0.512. The van der Waals surface area contributed by atoms with E-state index < -0.39 is 10.0 Å². The maximum atomic E-state index is 12.7. The van der Waals surface area contributed by atoms with E-state index in [4.69, 9.17) is 4.52 Å². The first kappa shape index (κ1) is 16.7. The fourth-order valence-electron chi connectivity index (χ4n) is 2.60. The topological polar surface area (TPSA) is 102 Å². The number of aromatic nitrogens is 3. The number of amides is 1. The van der Waals surface area contributed by atoms with E-state index in [-0.39, 0.29) is 23.2 Å². The largest absolute Gasteiger partial charge is 0.351 e. The molecule has 0 spiro atoms. The molecule has 0 radical (unpaired) electrons. The number of sulfonamides is 1. The SMILES string of the molecule is Cc1nc(S(=O)(=O)N2CCCN(C(=O)c3ccno3)CC2)cn1C. The molecule has 0 unspecified atom stereocenters. The monoisotopic (exact) mass is 353 g/mol. The third-order valence-electron chi connectivity index (χ3n) is 4.08. The summed E-state index contributed by atoms with van der Waals surface area (Å²) in [6, 6.07) is 1.50. The zero-order chi connectivity index (χ0) is 17.3. The predicted octanol–water partition coefficient (Wildman–Crippen LogP) is 0.253. The van der Waals surface area contributed by atoms with Gasteiger partial charge in [-0.3, -0.25) is 4.79 Å². The van der Waals surface area contributed by atoms with Gasteiger partial charge in [-0.2, -0.15) is 4.31 Å². The second-order valence-corrected chi connectivity index (χ2v) is 7.55. The van der Waals surface area contributed by atoms with Gasteiger partial charge in [0.1, 0.15) is 5.82 Å². The second kappa shape index (κ2) is 6.36. The van der Waals surface area contributed by atoms with E-state index >= 15 is 0 Å². The number of aryl methyl sites for hydroxylation is 2. The van der Waals surface area contributed by atoms with Gasteiger partial charge in [0.15, 0.2) is 5.03 Å². The molecule has 3 heterocycles. The van der Waals surface area contributed by atoms with E-state index in [1.54, 1.807) is 23.4 Å². The minimum Gasteiger partial charge on any atom is -0.351 e. The lowest BCUT2D eigenvalue weighted by molar-refractivity contribution is 0.0722. The summed E-state index contributed by atoms with van der Waals surface area (Å²) in [5, 5.41) is 3.57. The van der Waals surface area contributed by atoms with Crippen LogP contribution in [0.4, 0.5) is 0 Å². The number of nitrogens with zero attached hydrogens (tertiary/aromatic N) is 5. The number of carbonyl (C=O) groups excluding carboxylic acids is 1. The summed E-state index contributed by atoms with van der Waals surface area (Å²) in [7, 11) is -1.91. The first-order valence-electron chi connectivity index (χ1n) is 7.59. The molecule has 0 bridgehead atoms. The highest BCUT2D eigenvalue weighted by molar-refractivity contribution is 7.89. The average molecular weight is 353 g/mol. The molecule has 3 rings (SSSR count). The Morgan fingerprint density at radius 3 is 2.67 bits per heavy atom. The summed E-state index contributed by atoms with van der Waals surface area (Å²) in [6.45, 7) is 3.08. The fourth-order valence-corrected chi connectivity index (χ4v) is 4.10. The summed E-state index contributed by atoms with van der Waals surface area (Å²) < 4.78 is 33.4. The Kier molecular flexibility index (Phi) is 4.41. The lowest BCUT2D eigenvalue weighted by Crippen LogP contribution is -2.37. The zero-order valence-corrected chi connectivity index (χ0v) is 14.4. The average Bonchev–Trinajstić information content (AvgIpc) is 3.11. The summed E-state index contributed by atoms with van der Waals surface area (Å²) in [4.78, 5) is 18.0. The number of imidazole rings is 1.